The smallest absolute Gasteiger partial charge is 0.248 e. The molecule has 10 heteroatoms. The molecule has 2 atom stereocenters. The van der Waals surface area contributed by atoms with Crippen LogP contribution >= 0.6 is 36.6 Å². The van der Waals surface area contributed by atoms with Crippen LogP contribution < -0.4 is 15.4 Å². The monoisotopic (exact) mass is 393 g/mol. The Hall–Kier alpha value is -1.32. The molecule has 0 aliphatic carbocycles. The summed E-state index contributed by atoms with van der Waals surface area (Å²) in [7, 11) is 0. The zero-order valence-electron chi connectivity index (χ0n) is 12.5. The van der Waals surface area contributed by atoms with E-state index in [0.717, 1.165) is 5.56 Å². The number of aliphatic hydroxyl groups is 1. The number of nitrogens with two attached hydrogens (primary N) is 1. The van der Waals surface area contributed by atoms with E-state index in [2.05, 4.69) is 0 Å². The van der Waals surface area contributed by atoms with E-state index in [0.29, 0.717) is 17.9 Å². The van der Waals surface area contributed by atoms with Crippen molar-refractivity contribution in [2.75, 3.05) is 5.75 Å². The highest BCUT2D eigenvalue weighted by atomic mass is 35.5. The molecule has 24 heavy (non-hydrogen) atoms. The van der Waals surface area contributed by atoms with Gasteiger partial charge in [-0.3, -0.25) is 9.69 Å². The number of aromatic nitrogens is 1. The summed E-state index contributed by atoms with van der Waals surface area (Å²) in [5.41, 5.74) is 6.94. The van der Waals surface area contributed by atoms with Gasteiger partial charge in [0.25, 0.3) is 0 Å². The first-order valence-electron chi connectivity index (χ1n) is 6.75. The molecule has 1 unspecified atom stereocenters. The summed E-state index contributed by atoms with van der Waals surface area (Å²) in [5.74, 6) is -1.27. The molecule has 0 radical (unpaired) electrons. The second-order valence-corrected chi connectivity index (χ2v) is 6.32. The lowest BCUT2D eigenvalue weighted by molar-refractivity contribution is -0.689. The highest BCUT2D eigenvalue weighted by Gasteiger charge is 2.50. The first-order chi connectivity index (χ1) is 10.5. The maximum atomic E-state index is 11.8. The third-order valence-electron chi connectivity index (χ3n) is 3.76. The van der Waals surface area contributed by atoms with E-state index in [4.69, 9.17) is 10.8 Å². The van der Waals surface area contributed by atoms with Crippen LogP contribution in [0.3, 0.4) is 0 Å². The average molecular weight is 394 g/mol. The summed E-state index contributed by atoms with van der Waals surface area (Å²) in [6.07, 6.45) is 3.51. The van der Waals surface area contributed by atoms with Crippen LogP contribution in [0.4, 0.5) is 0 Å². The van der Waals surface area contributed by atoms with Crippen LogP contribution in [-0.4, -0.2) is 39.1 Å². The second-order valence-electron chi connectivity index (χ2n) is 5.22. The van der Waals surface area contributed by atoms with Crippen LogP contribution in [0.15, 0.2) is 35.8 Å². The van der Waals surface area contributed by atoms with E-state index in [1.807, 2.05) is 0 Å². The van der Waals surface area contributed by atoms with Crippen molar-refractivity contribution < 1.29 is 24.4 Å². The van der Waals surface area contributed by atoms with Gasteiger partial charge in [0.1, 0.15) is 11.4 Å². The number of carboxylic acid groups (broad SMARTS) is 1. The lowest BCUT2D eigenvalue weighted by atomic mass is 10.0. The number of aliphatic hydroxyl groups excluding tert-OH is 1. The van der Waals surface area contributed by atoms with Crippen LogP contribution in [0, 0.1) is 0 Å². The molecular weight excluding hydrogens is 377 g/mol. The predicted molar refractivity (Wildman–Crippen MR) is 90.2 cm³/mol. The lowest BCUT2D eigenvalue weighted by Crippen LogP contribution is -2.69. The number of rotatable bonds is 4. The third-order valence-corrected chi connectivity index (χ3v) is 5.12. The Labute approximate surface area is 155 Å². The molecule has 1 aromatic rings. The van der Waals surface area contributed by atoms with E-state index in [9.17, 15) is 14.7 Å². The van der Waals surface area contributed by atoms with Crippen LogP contribution in [0.5, 0.6) is 0 Å². The van der Waals surface area contributed by atoms with Crippen molar-refractivity contribution in [1.82, 2.24) is 4.90 Å². The highest BCUT2D eigenvalue weighted by Crippen LogP contribution is 2.39. The third kappa shape index (κ3) is 3.52. The van der Waals surface area contributed by atoms with Gasteiger partial charge in [-0.1, -0.05) is 0 Å². The molecule has 1 aromatic heterocycles. The van der Waals surface area contributed by atoms with Crippen molar-refractivity contribution >= 4 is 48.5 Å². The average Bonchev–Trinajstić information content (AvgIpc) is 2.53. The Kier molecular flexibility index (Phi) is 7.06. The first kappa shape index (κ1) is 20.7. The van der Waals surface area contributed by atoms with Gasteiger partial charge < -0.3 is 20.7 Å². The highest BCUT2D eigenvalue weighted by molar-refractivity contribution is 8.00. The number of nitrogens with zero attached hydrogens (tertiary/aromatic N) is 2. The molecule has 1 fully saturated rings. The fraction of sp³-hybridized carbons (Fsp3) is 0.357. The van der Waals surface area contributed by atoms with Crippen LogP contribution in [0.1, 0.15) is 5.56 Å². The van der Waals surface area contributed by atoms with E-state index in [1.54, 1.807) is 29.1 Å². The number of aliphatic carboxylic acids is 1. The summed E-state index contributed by atoms with van der Waals surface area (Å²) >= 11 is 1.45. The van der Waals surface area contributed by atoms with Gasteiger partial charge in [-0.05, 0) is 6.07 Å². The van der Waals surface area contributed by atoms with Crippen molar-refractivity contribution in [3.63, 3.8) is 0 Å². The van der Waals surface area contributed by atoms with Crippen molar-refractivity contribution in [1.29, 1.82) is 0 Å². The minimum Gasteiger partial charge on any atom is -0.543 e. The number of halogens is 2. The van der Waals surface area contributed by atoms with E-state index < -0.39 is 12.0 Å². The normalized spacial score (nSPS) is 22.1. The molecule has 2 aliphatic rings. The van der Waals surface area contributed by atoms with Crippen LogP contribution in [0.25, 0.3) is 0 Å². The number of fused-ring (bicyclic) bond motifs is 1. The maximum absolute atomic E-state index is 11.8. The van der Waals surface area contributed by atoms with Crippen molar-refractivity contribution in [2.24, 2.45) is 5.73 Å². The molecule has 0 spiro atoms. The Morgan fingerprint density at radius 1 is 1.50 bits per heavy atom. The number of amides is 1. The zero-order valence-corrected chi connectivity index (χ0v) is 14.9. The quantitative estimate of drug-likeness (QED) is 0.478. The molecule has 0 saturated carbocycles. The Morgan fingerprint density at radius 3 is 2.83 bits per heavy atom. The second kappa shape index (κ2) is 8.17. The SMILES string of the molecule is Cl.Cl.NC1C(=O)N2C(C(=O)[O-])=C(C[n+]3cccc(CO)c3)CS[C@@H]12. The standard InChI is InChI=1S/C14H15N3O4S.2ClH/c15-10-12(19)17-11(14(20)21)9(7-22-13(10)17)5-16-3-1-2-8(4-16)6-18;;/h1-4,10,13,18H,5-7,15H2;2*1H/t10?,13-;;/m0../s1. The topological polar surface area (TPSA) is 111 Å². The van der Waals surface area contributed by atoms with Gasteiger partial charge in [0, 0.05) is 23.0 Å². The predicted octanol–water partition coefficient (Wildman–Crippen LogP) is -1.44. The van der Waals surface area contributed by atoms with Gasteiger partial charge in [0.2, 0.25) is 5.91 Å². The van der Waals surface area contributed by atoms with E-state index in [-0.39, 0.29) is 48.4 Å². The lowest BCUT2D eigenvalue weighted by Gasteiger charge is -2.49. The van der Waals surface area contributed by atoms with Crippen LogP contribution in [0.2, 0.25) is 0 Å². The molecule has 1 amide bonds. The van der Waals surface area contributed by atoms with Gasteiger partial charge >= 0.3 is 0 Å². The van der Waals surface area contributed by atoms with Gasteiger partial charge in [-0.2, -0.15) is 0 Å². The van der Waals surface area contributed by atoms with E-state index in [1.165, 1.54) is 16.7 Å². The molecule has 1 saturated heterocycles. The molecule has 0 bridgehead atoms. The number of hydrogen-bond acceptors (Lipinski definition) is 6. The molecule has 132 valence electrons. The molecule has 3 heterocycles. The summed E-state index contributed by atoms with van der Waals surface area (Å²) in [5, 5.41) is 20.3. The fourth-order valence-corrected chi connectivity index (χ4v) is 3.96. The summed E-state index contributed by atoms with van der Waals surface area (Å²) in [4.78, 5) is 24.5. The first-order valence-corrected chi connectivity index (χ1v) is 7.80. The minimum atomic E-state index is -1.36. The van der Waals surface area contributed by atoms with E-state index >= 15 is 0 Å². The zero-order chi connectivity index (χ0) is 15.9. The number of thioether (sulfide) groups is 1. The number of hydrogen-bond donors (Lipinski definition) is 2. The van der Waals surface area contributed by atoms with Gasteiger partial charge in [-0.15, -0.1) is 36.6 Å². The van der Waals surface area contributed by atoms with Gasteiger partial charge in [0.05, 0.1) is 18.3 Å². The van der Waals surface area contributed by atoms with Gasteiger partial charge in [0.15, 0.2) is 18.9 Å². The summed E-state index contributed by atoms with van der Waals surface area (Å²) in [6.45, 7) is 0.222. The van der Waals surface area contributed by atoms with Crippen molar-refractivity contribution in [2.45, 2.75) is 24.6 Å². The Morgan fingerprint density at radius 2 is 2.21 bits per heavy atom. The van der Waals surface area contributed by atoms with Crippen molar-refractivity contribution in [3.8, 4) is 0 Å². The van der Waals surface area contributed by atoms with Crippen LogP contribution in [-0.2, 0) is 22.7 Å². The number of carbonyl (C=O) groups is 2. The number of β-lactam (4-membered cyclic amide) rings is 1. The molecule has 3 N–H and O–H groups in total. The number of carboxylic acids is 1. The van der Waals surface area contributed by atoms with Crippen molar-refractivity contribution in [3.05, 3.63) is 41.4 Å². The Balaban J connectivity index is 0.00000144. The number of pyridine rings is 1. The fourth-order valence-electron chi connectivity index (χ4n) is 2.68. The molecule has 0 aromatic carbocycles. The number of carbonyl (C=O) groups excluding carboxylic acids is 2. The summed E-state index contributed by atoms with van der Waals surface area (Å²) in [6, 6.07) is 2.90. The largest absolute Gasteiger partial charge is 0.543 e. The molecular formula is C14H17Cl2N3O4S. The Bertz CT molecular complexity index is 686. The molecule has 7 nitrogen and oxygen atoms in total. The van der Waals surface area contributed by atoms with Gasteiger partial charge in [-0.25, -0.2) is 4.57 Å². The molecule has 2 aliphatic heterocycles. The molecule has 3 rings (SSSR count). The maximum Gasteiger partial charge on any atom is 0.248 e. The summed E-state index contributed by atoms with van der Waals surface area (Å²) < 4.78 is 1.77. The minimum absolute atomic E-state index is 0.